The van der Waals surface area contributed by atoms with Crippen molar-refractivity contribution in [1.29, 1.82) is 0 Å². The molecule has 0 saturated carbocycles. The van der Waals surface area contributed by atoms with Gasteiger partial charge in [0.25, 0.3) is 10.2 Å². The first-order valence-electron chi connectivity index (χ1n) is 7.47. The quantitative estimate of drug-likeness (QED) is 0.723. The van der Waals surface area contributed by atoms with Crippen molar-refractivity contribution in [2.75, 3.05) is 38.7 Å². The second-order valence-corrected chi connectivity index (χ2v) is 8.05. The van der Waals surface area contributed by atoms with Crippen molar-refractivity contribution in [3.05, 3.63) is 0 Å². The van der Waals surface area contributed by atoms with E-state index in [1.165, 1.54) is 0 Å². The zero-order valence-corrected chi connectivity index (χ0v) is 13.7. The van der Waals surface area contributed by atoms with E-state index in [-0.39, 0.29) is 6.10 Å². The highest BCUT2D eigenvalue weighted by Crippen LogP contribution is 2.23. The van der Waals surface area contributed by atoms with Gasteiger partial charge in [-0.2, -0.15) is 17.0 Å². The third-order valence-electron chi connectivity index (χ3n) is 4.23. The number of rotatable bonds is 5. The largest absolute Gasteiger partial charge is 0.377 e. The molecule has 2 aliphatic heterocycles. The van der Waals surface area contributed by atoms with Crippen molar-refractivity contribution in [3.8, 4) is 0 Å². The molecule has 0 N–H and O–H groups in total. The molecular weight excluding hydrogens is 300 g/mol. The van der Waals surface area contributed by atoms with Gasteiger partial charge in [-0.15, -0.1) is 11.6 Å². The van der Waals surface area contributed by atoms with Gasteiger partial charge in [0.05, 0.1) is 12.7 Å². The molecule has 2 aliphatic rings. The lowest BCUT2D eigenvalue weighted by Crippen LogP contribution is -2.50. The van der Waals surface area contributed by atoms with Gasteiger partial charge in [0, 0.05) is 32.1 Å². The standard InChI is InChI=1S/C13H25ClN2O3S/c1-12-2-7-15(8-3-12)20(17,18)16-9-4-13(5-10-16)19-11-6-14/h12-13H,2-11H2,1H3. The highest BCUT2D eigenvalue weighted by molar-refractivity contribution is 7.86. The SMILES string of the molecule is CC1CCN(S(=O)(=O)N2CCC(OCCCl)CC2)CC1. The first kappa shape index (κ1) is 16.5. The predicted molar refractivity (Wildman–Crippen MR) is 80.2 cm³/mol. The molecular formula is C13H25ClN2O3S. The van der Waals surface area contributed by atoms with E-state index in [1.807, 2.05) is 0 Å². The Morgan fingerprint density at radius 2 is 1.55 bits per heavy atom. The Labute approximate surface area is 127 Å². The van der Waals surface area contributed by atoms with Crippen molar-refractivity contribution >= 4 is 21.8 Å². The fourth-order valence-corrected chi connectivity index (χ4v) is 4.58. The molecule has 0 atom stereocenters. The minimum Gasteiger partial charge on any atom is -0.377 e. The fourth-order valence-electron chi connectivity index (χ4n) is 2.82. The second-order valence-electron chi connectivity index (χ2n) is 5.75. The predicted octanol–water partition coefficient (Wildman–Crippen LogP) is 1.68. The molecule has 0 unspecified atom stereocenters. The van der Waals surface area contributed by atoms with Gasteiger partial charge < -0.3 is 4.74 Å². The lowest BCUT2D eigenvalue weighted by molar-refractivity contribution is 0.0290. The number of ether oxygens (including phenoxy) is 1. The van der Waals surface area contributed by atoms with Gasteiger partial charge in [0.2, 0.25) is 0 Å². The molecule has 0 bridgehead atoms. The minimum atomic E-state index is -3.27. The Bertz CT molecular complexity index is 388. The van der Waals surface area contributed by atoms with Crippen molar-refractivity contribution < 1.29 is 13.2 Å². The van der Waals surface area contributed by atoms with Crippen LogP contribution in [0.2, 0.25) is 0 Å². The summed E-state index contributed by atoms with van der Waals surface area (Å²) in [5.74, 6) is 1.13. The Morgan fingerprint density at radius 1 is 1.05 bits per heavy atom. The Balaban J connectivity index is 1.85. The molecule has 0 aromatic rings. The first-order valence-corrected chi connectivity index (χ1v) is 9.40. The van der Waals surface area contributed by atoms with Gasteiger partial charge >= 0.3 is 0 Å². The van der Waals surface area contributed by atoms with Crippen LogP contribution in [0.5, 0.6) is 0 Å². The molecule has 0 amide bonds. The van der Waals surface area contributed by atoms with E-state index < -0.39 is 10.2 Å². The summed E-state index contributed by atoms with van der Waals surface area (Å²) in [4.78, 5) is 0. The number of halogens is 1. The summed E-state index contributed by atoms with van der Waals surface area (Å²) < 4.78 is 34.0. The number of alkyl halides is 1. The maximum atomic E-state index is 12.6. The van der Waals surface area contributed by atoms with E-state index in [1.54, 1.807) is 8.61 Å². The molecule has 0 aromatic heterocycles. The molecule has 7 heteroatoms. The molecule has 2 heterocycles. The fraction of sp³-hybridized carbons (Fsp3) is 1.00. The van der Waals surface area contributed by atoms with Gasteiger partial charge in [0.1, 0.15) is 0 Å². The number of hydrogen-bond acceptors (Lipinski definition) is 3. The maximum Gasteiger partial charge on any atom is 0.281 e. The highest BCUT2D eigenvalue weighted by atomic mass is 35.5. The third kappa shape index (κ3) is 4.07. The average Bonchev–Trinajstić information content (AvgIpc) is 2.46. The van der Waals surface area contributed by atoms with Crippen LogP contribution in [0.15, 0.2) is 0 Å². The van der Waals surface area contributed by atoms with Crippen LogP contribution in [0.3, 0.4) is 0 Å². The van der Waals surface area contributed by atoms with Crippen LogP contribution in [0.25, 0.3) is 0 Å². The van der Waals surface area contributed by atoms with Crippen LogP contribution >= 0.6 is 11.6 Å². The summed E-state index contributed by atoms with van der Waals surface area (Å²) in [7, 11) is -3.27. The third-order valence-corrected chi connectivity index (χ3v) is 6.42. The van der Waals surface area contributed by atoms with E-state index in [2.05, 4.69) is 6.92 Å². The minimum absolute atomic E-state index is 0.154. The van der Waals surface area contributed by atoms with Crippen molar-refractivity contribution in [1.82, 2.24) is 8.61 Å². The molecule has 2 saturated heterocycles. The van der Waals surface area contributed by atoms with Gasteiger partial charge in [-0.1, -0.05) is 6.92 Å². The molecule has 2 rings (SSSR count). The normalized spacial score (nSPS) is 25.1. The van der Waals surface area contributed by atoms with E-state index in [0.29, 0.717) is 44.6 Å². The van der Waals surface area contributed by atoms with Crippen LogP contribution in [0, 0.1) is 5.92 Å². The van der Waals surface area contributed by atoms with Crippen LogP contribution in [0.4, 0.5) is 0 Å². The van der Waals surface area contributed by atoms with Crippen LogP contribution in [-0.2, 0) is 14.9 Å². The molecule has 2 fully saturated rings. The van der Waals surface area contributed by atoms with Crippen molar-refractivity contribution in [3.63, 3.8) is 0 Å². The van der Waals surface area contributed by atoms with Crippen LogP contribution in [-0.4, -0.2) is 61.8 Å². The molecule has 0 aliphatic carbocycles. The summed E-state index contributed by atoms with van der Waals surface area (Å²) in [6.07, 6.45) is 3.62. The molecule has 20 heavy (non-hydrogen) atoms. The molecule has 5 nitrogen and oxygen atoms in total. The van der Waals surface area contributed by atoms with Gasteiger partial charge in [-0.05, 0) is 31.6 Å². The lowest BCUT2D eigenvalue weighted by Gasteiger charge is -2.37. The summed E-state index contributed by atoms with van der Waals surface area (Å²) >= 11 is 5.60. The van der Waals surface area contributed by atoms with E-state index in [9.17, 15) is 8.42 Å². The Kier molecular flexibility index (Phi) is 6.10. The summed E-state index contributed by atoms with van der Waals surface area (Å²) in [5, 5.41) is 0. The van der Waals surface area contributed by atoms with Gasteiger partial charge in [-0.3, -0.25) is 0 Å². The number of nitrogens with zero attached hydrogens (tertiary/aromatic N) is 2. The van der Waals surface area contributed by atoms with E-state index in [4.69, 9.17) is 16.3 Å². The smallest absolute Gasteiger partial charge is 0.281 e. The first-order chi connectivity index (χ1) is 9.54. The van der Waals surface area contributed by atoms with Crippen molar-refractivity contribution in [2.24, 2.45) is 5.92 Å². The summed E-state index contributed by atoms with van der Waals surface area (Å²) in [5.41, 5.74) is 0. The number of piperidine rings is 2. The van der Waals surface area contributed by atoms with E-state index >= 15 is 0 Å². The van der Waals surface area contributed by atoms with Crippen molar-refractivity contribution in [2.45, 2.75) is 38.7 Å². The summed E-state index contributed by atoms with van der Waals surface area (Å²) in [6.45, 7) is 5.16. The lowest BCUT2D eigenvalue weighted by atomic mass is 10.0. The number of hydrogen-bond donors (Lipinski definition) is 0. The van der Waals surface area contributed by atoms with Gasteiger partial charge in [0.15, 0.2) is 0 Å². The van der Waals surface area contributed by atoms with Crippen LogP contribution in [0.1, 0.15) is 32.6 Å². The Morgan fingerprint density at radius 3 is 2.05 bits per heavy atom. The molecule has 0 aromatic carbocycles. The highest BCUT2D eigenvalue weighted by Gasteiger charge is 2.34. The van der Waals surface area contributed by atoms with Crippen LogP contribution < -0.4 is 0 Å². The summed E-state index contributed by atoms with van der Waals surface area (Å²) in [6, 6.07) is 0. The monoisotopic (exact) mass is 324 g/mol. The topological polar surface area (TPSA) is 49.9 Å². The second kappa shape index (κ2) is 7.40. The van der Waals surface area contributed by atoms with Gasteiger partial charge in [-0.25, -0.2) is 0 Å². The Hall–Kier alpha value is 0.120. The molecule has 118 valence electrons. The molecule has 0 radical (unpaired) electrons. The van der Waals surface area contributed by atoms with E-state index in [0.717, 1.165) is 25.7 Å². The average molecular weight is 325 g/mol. The zero-order chi connectivity index (χ0) is 14.6. The molecule has 0 spiro atoms. The zero-order valence-electron chi connectivity index (χ0n) is 12.1. The maximum absolute atomic E-state index is 12.6.